The van der Waals surface area contributed by atoms with Crippen molar-refractivity contribution in [3.8, 4) is 5.69 Å². The highest BCUT2D eigenvalue weighted by atomic mass is 35.5. The van der Waals surface area contributed by atoms with Crippen LogP contribution in [0.3, 0.4) is 0 Å². The number of hydrogen-bond acceptors (Lipinski definition) is 3. The molecule has 0 spiro atoms. The molecular formula is C14H19ClN4O. The molecule has 3 N–H and O–H groups in total. The second-order valence-electron chi connectivity index (χ2n) is 4.64. The first-order chi connectivity index (χ1) is 9.08. The Hall–Kier alpha value is -1.85. The van der Waals surface area contributed by atoms with Crippen LogP contribution in [-0.4, -0.2) is 21.7 Å². The zero-order valence-corrected chi connectivity index (χ0v) is 12.3. The maximum atomic E-state index is 11.9. The average molecular weight is 295 g/mol. The summed E-state index contributed by atoms with van der Waals surface area (Å²) in [6.07, 6.45) is 3.56. The van der Waals surface area contributed by atoms with E-state index in [0.29, 0.717) is 0 Å². The summed E-state index contributed by atoms with van der Waals surface area (Å²) in [6, 6.07) is 9.20. The molecule has 1 heterocycles. The third kappa shape index (κ3) is 3.82. The van der Waals surface area contributed by atoms with Crippen molar-refractivity contribution in [2.24, 2.45) is 11.7 Å². The van der Waals surface area contributed by atoms with E-state index in [-0.39, 0.29) is 30.3 Å². The van der Waals surface area contributed by atoms with Gasteiger partial charge in [0.05, 0.1) is 11.6 Å². The van der Waals surface area contributed by atoms with Crippen LogP contribution in [0.1, 0.15) is 13.8 Å². The molecule has 0 saturated carbocycles. The zero-order chi connectivity index (χ0) is 13.8. The number of hydrogen-bond donors (Lipinski definition) is 2. The van der Waals surface area contributed by atoms with Crippen molar-refractivity contribution in [1.82, 2.24) is 9.78 Å². The number of carbonyl (C=O) groups excluding carboxylic acids is 1. The Morgan fingerprint density at radius 1 is 1.35 bits per heavy atom. The normalized spacial score (nSPS) is 13.2. The number of benzene rings is 1. The van der Waals surface area contributed by atoms with Crippen LogP contribution < -0.4 is 11.1 Å². The highest BCUT2D eigenvalue weighted by Crippen LogP contribution is 2.15. The number of amides is 1. The van der Waals surface area contributed by atoms with Gasteiger partial charge < -0.3 is 11.1 Å². The van der Waals surface area contributed by atoms with E-state index in [1.807, 2.05) is 50.4 Å². The third-order valence-corrected chi connectivity index (χ3v) is 3.08. The zero-order valence-electron chi connectivity index (χ0n) is 11.5. The molecule has 0 aliphatic rings. The second kappa shape index (κ2) is 7.07. The first-order valence-electron chi connectivity index (χ1n) is 6.24. The van der Waals surface area contributed by atoms with E-state index < -0.39 is 0 Å². The van der Waals surface area contributed by atoms with Gasteiger partial charge in [0, 0.05) is 24.1 Å². The minimum Gasteiger partial charge on any atom is -0.327 e. The lowest BCUT2D eigenvalue weighted by atomic mass is 10.0. The van der Waals surface area contributed by atoms with Gasteiger partial charge in [-0.15, -0.1) is 12.4 Å². The molecule has 6 heteroatoms. The van der Waals surface area contributed by atoms with Crippen LogP contribution in [0, 0.1) is 5.92 Å². The summed E-state index contributed by atoms with van der Waals surface area (Å²) in [6.45, 7) is 3.64. The molecule has 1 aromatic heterocycles. The standard InChI is InChI=1S/C14H18N4O.ClH/c1-10(11(2)15)14(19)17-12-5-3-6-13(9-12)18-8-4-7-16-18;/h3-11H,15H2,1-2H3,(H,17,19);1H. The number of carbonyl (C=O) groups is 1. The molecular weight excluding hydrogens is 276 g/mol. The van der Waals surface area contributed by atoms with E-state index in [0.717, 1.165) is 11.4 Å². The molecule has 0 fully saturated rings. The van der Waals surface area contributed by atoms with E-state index >= 15 is 0 Å². The third-order valence-electron chi connectivity index (χ3n) is 3.08. The smallest absolute Gasteiger partial charge is 0.228 e. The summed E-state index contributed by atoms with van der Waals surface area (Å²) >= 11 is 0. The highest BCUT2D eigenvalue weighted by molar-refractivity contribution is 5.93. The number of nitrogens with zero attached hydrogens (tertiary/aromatic N) is 2. The molecule has 0 bridgehead atoms. The molecule has 2 rings (SSSR count). The molecule has 0 saturated heterocycles. The fraction of sp³-hybridized carbons (Fsp3) is 0.286. The lowest BCUT2D eigenvalue weighted by Gasteiger charge is -2.15. The molecule has 0 aliphatic heterocycles. The quantitative estimate of drug-likeness (QED) is 0.908. The van der Waals surface area contributed by atoms with Crippen molar-refractivity contribution in [2.45, 2.75) is 19.9 Å². The van der Waals surface area contributed by atoms with Gasteiger partial charge in [0.1, 0.15) is 0 Å². The number of aromatic nitrogens is 2. The van der Waals surface area contributed by atoms with E-state index in [4.69, 9.17) is 5.73 Å². The highest BCUT2D eigenvalue weighted by Gasteiger charge is 2.17. The van der Waals surface area contributed by atoms with Crippen LogP contribution in [0.5, 0.6) is 0 Å². The molecule has 5 nitrogen and oxygen atoms in total. The van der Waals surface area contributed by atoms with Gasteiger partial charge >= 0.3 is 0 Å². The van der Waals surface area contributed by atoms with Gasteiger partial charge in [-0.25, -0.2) is 4.68 Å². The predicted molar refractivity (Wildman–Crippen MR) is 82.3 cm³/mol. The van der Waals surface area contributed by atoms with Crippen molar-refractivity contribution in [2.75, 3.05) is 5.32 Å². The Morgan fingerprint density at radius 3 is 2.70 bits per heavy atom. The van der Waals surface area contributed by atoms with Gasteiger partial charge in [-0.3, -0.25) is 4.79 Å². The Kier molecular flexibility index (Phi) is 5.73. The lowest BCUT2D eigenvalue weighted by Crippen LogP contribution is -2.34. The summed E-state index contributed by atoms with van der Waals surface area (Å²) in [5.74, 6) is -0.305. The van der Waals surface area contributed by atoms with Gasteiger partial charge in [-0.05, 0) is 31.2 Å². The summed E-state index contributed by atoms with van der Waals surface area (Å²) in [5, 5.41) is 7.02. The second-order valence-corrected chi connectivity index (χ2v) is 4.64. The van der Waals surface area contributed by atoms with E-state index in [1.165, 1.54) is 0 Å². The van der Waals surface area contributed by atoms with Crippen molar-refractivity contribution >= 4 is 24.0 Å². The molecule has 108 valence electrons. The molecule has 1 amide bonds. The minimum atomic E-state index is -0.228. The van der Waals surface area contributed by atoms with E-state index in [9.17, 15) is 4.79 Å². The lowest BCUT2D eigenvalue weighted by molar-refractivity contribution is -0.119. The fourth-order valence-corrected chi connectivity index (χ4v) is 1.64. The topological polar surface area (TPSA) is 72.9 Å². The van der Waals surface area contributed by atoms with Crippen molar-refractivity contribution in [3.05, 3.63) is 42.7 Å². The fourth-order valence-electron chi connectivity index (χ4n) is 1.64. The number of nitrogens with one attached hydrogen (secondary N) is 1. The van der Waals surface area contributed by atoms with Gasteiger partial charge in [0.25, 0.3) is 0 Å². The van der Waals surface area contributed by atoms with Crippen LogP contribution in [-0.2, 0) is 4.79 Å². The minimum absolute atomic E-state index is 0. The predicted octanol–water partition coefficient (Wildman–Crippen LogP) is 2.22. The Morgan fingerprint density at radius 2 is 2.10 bits per heavy atom. The Bertz CT molecular complexity index is 554. The number of halogens is 1. The van der Waals surface area contributed by atoms with Gasteiger partial charge in [-0.1, -0.05) is 13.0 Å². The van der Waals surface area contributed by atoms with E-state index in [1.54, 1.807) is 10.9 Å². The SMILES string of the molecule is CC(N)C(C)C(=O)Nc1cccc(-n2cccn2)c1.Cl. The van der Waals surface area contributed by atoms with Crippen LogP contribution in [0.15, 0.2) is 42.7 Å². The number of nitrogens with two attached hydrogens (primary N) is 1. The molecule has 2 unspecified atom stereocenters. The summed E-state index contributed by atoms with van der Waals surface area (Å²) in [4.78, 5) is 11.9. The molecule has 1 aromatic carbocycles. The molecule has 2 aromatic rings. The van der Waals surface area contributed by atoms with Crippen LogP contribution in [0.4, 0.5) is 5.69 Å². The molecule has 20 heavy (non-hydrogen) atoms. The first kappa shape index (κ1) is 16.2. The van der Waals surface area contributed by atoms with Gasteiger partial charge in [0.15, 0.2) is 0 Å². The van der Waals surface area contributed by atoms with Crippen LogP contribution in [0.2, 0.25) is 0 Å². The summed E-state index contributed by atoms with van der Waals surface area (Å²) < 4.78 is 1.74. The molecule has 2 atom stereocenters. The Balaban J connectivity index is 0.00000200. The summed E-state index contributed by atoms with van der Waals surface area (Å²) in [7, 11) is 0. The maximum Gasteiger partial charge on any atom is 0.228 e. The molecule has 0 aliphatic carbocycles. The van der Waals surface area contributed by atoms with Crippen LogP contribution >= 0.6 is 12.4 Å². The van der Waals surface area contributed by atoms with Crippen molar-refractivity contribution < 1.29 is 4.79 Å². The van der Waals surface area contributed by atoms with Crippen LogP contribution in [0.25, 0.3) is 5.69 Å². The largest absolute Gasteiger partial charge is 0.327 e. The number of rotatable bonds is 4. The summed E-state index contributed by atoms with van der Waals surface area (Å²) in [5.41, 5.74) is 7.36. The van der Waals surface area contributed by atoms with Crippen molar-refractivity contribution in [3.63, 3.8) is 0 Å². The first-order valence-corrected chi connectivity index (χ1v) is 6.24. The van der Waals surface area contributed by atoms with E-state index in [2.05, 4.69) is 10.4 Å². The van der Waals surface area contributed by atoms with Crippen molar-refractivity contribution in [1.29, 1.82) is 0 Å². The Labute approximate surface area is 124 Å². The maximum absolute atomic E-state index is 11.9. The number of anilines is 1. The van der Waals surface area contributed by atoms with Gasteiger partial charge in [0.2, 0.25) is 5.91 Å². The van der Waals surface area contributed by atoms with Gasteiger partial charge in [-0.2, -0.15) is 5.10 Å². The molecule has 0 radical (unpaired) electrons. The monoisotopic (exact) mass is 294 g/mol. The average Bonchev–Trinajstić information content (AvgIpc) is 2.91.